The predicted octanol–water partition coefficient (Wildman–Crippen LogP) is 4.81. The Hall–Kier alpha value is -2.22. The van der Waals surface area contributed by atoms with E-state index in [0.717, 1.165) is 24.1 Å². The third-order valence-corrected chi connectivity index (χ3v) is 4.67. The Morgan fingerprint density at radius 3 is 2.74 bits per heavy atom. The van der Waals surface area contributed by atoms with Gasteiger partial charge >= 0.3 is 0 Å². The molecule has 0 unspecified atom stereocenters. The van der Waals surface area contributed by atoms with Gasteiger partial charge in [0.25, 0.3) is 0 Å². The topological polar surface area (TPSA) is 15.3 Å². The summed E-state index contributed by atoms with van der Waals surface area (Å²) in [6.07, 6.45) is 10.6. The second-order valence-electron chi connectivity index (χ2n) is 6.35. The number of aryl methyl sites for hydroxylation is 1. The Kier molecular flexibility index (Phi) is 4.71. The number of rotatable bonds is 4. The van der Waals surface area contributed by atoms with Crippen LogP contribution in [0.1, 0.15) is 37.3 Å². The molecular formula is C21H26N2. The van der Waals surface area contributed by atoms with E-state index in [-0.39, 0.29) is 0 Å². The lowest BCUT2D eigenvalue weighted by Crippen LogP contribution is -2.19. The highest BCUT2D eigenvalue weighted by Crippen LogP contribution is 2.29. The Morgan fingerprint density at radius 1 is 1.26 bits per heavy atom. The molecule has 2 heteroatoms. The molecule has 0 bridgehead atoms. The van der Waals surface area contributed by atoms with Gasteiger partial charge in [0.15, 0.2) is 0 Å². The Balaban J connectivity index is 1.92. The number of anilines is 1. The molecule has 1 saturated heterocycles. The van der Waals surface area contributed by atoms with Gasteiger partial charge in [0, 0.05) is 30.7 Å². The van der Waals surface area contributed by atoms with Gasteiger partial charge in [0.05, 0.1) is 0 Å². The molecule has 0 atom stereocenters. The van der Waals surface area contributed by atoms with E-state index >= 15 is 0 Å². The van der Waals surface area contributed by atoms with Gasteiger partial charge in [-0.2, -0.15) is 0 Å². The van der Waals surface area contributed by atoms with E-state index in [9.17, 15) is 0 Å². The molecule has 1 aromatic rings. The van der Waals surface area contributed by atoms with E-state index in [1.54, 1.807) is 0 Å². The van der Waals surface area contributed by atoms with Crippen LogP contribution >= 0.6 is 0 Å². The fourth-order valence-electron chi connectivity index (χ4n) is 3.38. The molecule has 0 radical (unpaired) electrons. The van der Waals surface area contributed by atoms with E-state index < -0.39 is 0 Å². The Morgan fingerprint density at radius 2 is 2.04 bits per heavy atom. The lowest BCUT2D eigenvalue weighted by molar-refractivity contribution is 0.947. The van der Waals surface area contributed by atoms with Crippen molar-refractivity contribution in [1.29, 1.82) is 0 Å². The number of allylic oxidation sites excluding steroid dienone is 4. The molecule has 0 spiro atoms. The van der Waals surface area contributed by atoms with Crippen molar-refractivity contribution in [2.75, 3.05) is 18.0 Å². The van der Waals surface area contributed by atoms with Gasteiger partial charge < -0.3 is 10.2 Å². The average Bonchev–Trinajstić information content (AvgIpc) is 3.03. The second-order valence-corrected chi connectivity index (χ2v) is 6.35. The largest absolute Gasteiger partial charge is 0.371 e. The van der Waals surface area contributed by atoms with Crippen molar-refractivity contribution in [3.05, 3.63) is 72.0 Å². The molecule has 0 aliphatic carbocycles. The van der Waals surface area contributed by atoms with Crippen molar-refractivity contribution < 1.29 is 0 Å². The van der Waals surface area contributed by atoms with Crippen LogP contribution in [0.2, 0.25) is 0 Å². The molecule has 2 nitrogen and oxygen atoms in total. The van der Waals surface area contributed by atoms with E-state index in [0.29, 0.717) is 0 Å². The lowest BCUT2D eigenvalue weighted by atomic mass is 10.0. The lowest BCUT2D eigenvalue weighted by Gasteiger charge is -2.22. The van der Waals surface area contributed by atoms with Crippen LogP contribution in [0, 0.1) is 0 Å². The van der Waals surface area contributed by atoms with Gasteiger partial charge in [0.1, 0.15) is 0 Å². The summed E-state index contributed by atoms with van der Waals surface area (Å²) in [4.78, 5) is 2.52. The second kappa shape index (κ2) is 6.91. The maximum atomic E-state index is 4.16. The van der Waals surface area contributed by atoms with Crippen molar-refractivity contribution >= 4 is 11.4 Å². The quantitative estimate of drug-likeness (QED) is 0.859. The minimum absolute atomic E-state index is 0.854. The molecule has 120 valence electrons. The first-order valence-corrected chi connectivity index (χ1v) is 8.57. The van der Waals surface area contributed by atoms with E-state index in [1.165, 1.54) is 48.3 Å². The first-order valence-electron chi connectivity index (χ1n) is 8.57. The number of nitrogens with zero attached hydrogens (tertiary/aromatic N) is 1. The van der Waals surface area contributed by atoms with E-state index in [2.05, 4.69) is 54.6 Å². The smallest absolute Gasteiger partial charge is 0.0456 e. The fourth-order valence-corrected chi connectivity index (χ4v) is 3.38. The highest BCUT2D eigenvalue weighted by Gasteiger charge is 2.16. The zero-order valence-electron chi connectivity index (χ0n) is 14.1. The van der Waals surface area contributed by atoms with Crippen molar-refractivity contribution in [2.24, 2.45) is 0 Å². The molecule has 1 aromatic carbocycles. The summed E-state index contributed by atoms with van der Waals surface area (Å²) in [6.45, 7) is 12.6. The molecule has 0 saturated carbocycles. The first-order chi connectivity index (χ1) is 11.2. The van der Waals surface area contributed by atoms with Crippen LogP contribution in [0.15, 0.2) is 60.9 Å². The van der Waals surface area contributed by atoms with Crippen LogP contribution in [0.3, 0.4) is 0 Å². The molecule has 3 rings (SSSR count). The molecule has 0 amide bonds. The van der Waals surface area contributed by atoms with Crippen molar-refractivity contribution in [3.63, 3.8) is 0 Å². The summed E-state index contributed by atoms with van der Waals surface area (Å²) < 4.78 is 0. The minimum Gasteiger partial charge on any atom is -0.371 e. The highest BCUT2D eigenvalue weighted by atomic mass is 15.1. The Bertz CT molecular complexity index is 673. The molecule has 2 aliphatic rings. The Labute approximate surface area is 139 Å². The van der Waals surface area contributed by atoms with Crippen LogP contribution in [0.25, 0.3) is 5.70 Å². The minimum atomic E-state index is 0.854. The van der Waals surface area contributed by atoms with Crippen LogP contribution in [0.4, 0.5) is 5.69 Å². The summed E-state index contributed by atoms with van der Waals surface area (Å²) in [5.41, 5.74) is 7.46. The third kappa shape index (κ3) is 3.42. The molecular weight excluding hydrogens is 280 g/mol. The summed E-state index contributed by atoms with van der Waals surface area (Å²) >= 11 is 0. The summed E-state index contributed by atoms with van der Waals surface area (Å²) in [5.74, 6) is 0. The van der Waals surface area contributed by atoms with E-state index in [1.807, 2.05) is 12.3 Å². The highest BCUT2D eigenvalue weighted by molar-refractivity contribution is 5.72. The summed E-state index contributed by atoms with van der Waals surface area (Å²) in [7, 11) is 0. The standard InChI is InChI=1S/C21H26N2/c1-4-17-12-16(3)13-20(22-15-17)19-8-9-21(18(5-2)14-19)23-10-6-7-11-23/h4,8-9,13-15,22H,1,3,5-7,10-12H2,2H3. The zero-order valence-corrected chi connectivity index (χ0v) is 14.1. The monoisotopic (exact) mass is 306 g/mol. The maximum absolute atomic E-state index is 4.16. The van der Waals surface area contributed by atoms with Crippen LogP contribution in [-0.2, 0) is 6.42 Å². The van der Waals surface area contributed by atoms with Gasteiger partial charge in [-0.25, -0.2) is 0 Å². The van der Waals surface area contributed by atoms with Crippen LogP contribution < -0.4 is 10.2 Å². The number of benzene rings is 1. The van der Waals surface area contributed by atoms with Gasteiger partial charge in [0.2, 0.25) is 0 Å². The summed E-state index contributed by atoms with van der Waals surface area (Å²) in [6, 6.07) is 6.84. The SMILES string of the molecule is C=CC1=CNC(c2ccc(N3CCCC3)c(CC)c2)=CC(=C)C1. The maximum Gasteiger partial charge on any atom is 0.0456 e. The van der Waals surface area contributed by atoms with Gasteiger partial charge in [-0.3, -0.25) is 0 Å². The van der Waals surface area contributed by atoms with Crippen LogP contribution in [0.5, 0.6) is 0 Å². The average molecular weight is 306 g/mol. The molecule has 1 fully saturated rings. The van der Waals surface area contributed by atoms with Gasteiger partial charge in [-0.1, -0.05) is 32.2 Å². The molecule has 0 aromatic heterocycles. The summed E-state index contributed by atoms with van der Waals surface area (Å²) in [5, 5.41) is 3.42. The number of nitrogens with one attached hydrogen (secondary N) is 1. The molecule has 1 N–H and O–H groups in total. The van der Waals surface area contributed by atoms with Crippen molar-refractivity contribution in [1.82, 2.24) is 5.32 Å². The van der Waals surface area contributed by atoms with Crippen molar-refractivity contribution in [2.45, 2.75) is 32.6 Å². The van der Waals surface area contributed by atoms with E-state index in [4.69, 9.17) is 0 Å². The van der Waals surface area contributed by atoms with Crippen LogP contribution in [-0.4, -0.2) is 13.1 Å². The predicted molar refractivity (Wildman–Crippen MR) is 100 cm³/mol. The molecule has 23 heavy (non-hydrogen) atoms. The number of hydrogen-bond donors (Lipinski definition) is 1. The fraction of sp³-hybridized carbons (Fsp3) is 0.333. The molecule has 2 heterocycles. The molecule has 2 aliphatic heterocycles. The zero-order chi connectivity index (χ0) is 16.2. The first kappa shape index (κ1) is 15.7. The number of hydrogen-bond acceptors (Lipinski definition) is 2. The van der Waals surface area contributed by atoms with Crippen molar-refractivity contribution in [3.8, 4) is 0 Å². The third-order valence-electron chi connectivity index (χ3n) is 4.67. The van der Waals surface area contributed by atoms with Gasteiger partial charge in [-0.05, 0) is 66.2 Å². The van der Waals surface area contributed by atoms with Gasteiger partial charge in [-0.15, -0.1) is 0 Å². The normalized spacial score (nSPS) is 18.1.